The number of carbonyl (C=O) groups excluding carboxylic acids is 1. The highest BCUT2D eigenvalue weighted by Crippen LogP contribution is 2.30. The molecule has 0 bridgehead atoms. The first-order valence-corrected chi connectivity index (χ1v) is 9.01. The predicted molar refractivity (Wildman–Crippen MR) is 104 cm³/mol. The number of nitro benzene ring substituents is 1. The van der Waals surface area contributed by atoms with Crippen LogP contribution in [0, 0.1) is 17.0 Å². The Bertz CT molecular complexity index is 1020. The Morgan fingerprint density at radius 1 is 1.33 bits per heavy atom. The quantitative estimate of drug-likeness (QED) is 0.378. The van der Waals surface area contributed by atoms with Crippen LogP contribution < -0.4 is 10.1 Å². The molecule has 27 heavy (non-hydrogen) atoms. The third-order valence-corrected chi connectivity index (χ3v) is 4.91. The van der Waals surface area contributed by atoms with Crippen molar-refractivity contribution in [2.75, 3.05) is 12.4 Å². The van der Waals surface area contributed by atoms with E-state index in [0.29, 0.717) is 10.9 Å². The summed E-state index contributed by atoms with van der Waals surface area (Å²) in [5, 5.41) is 13.8. The van der Waals surface area contributed by atoms with Crippen LogP contribution in [0.5, 0.6) is 5.75 Å². The molecule has 0 aliphatic heterocycles. The zero-order valence-electron chi connectivity index (χ0n) is 15.0. The summed E-state index contributed by atoms with van der Waals surface area (Å²) < 4.78 is 5.17. The van der Waals surface area contributed by atoms with Gasteiger partial charge in [0, 0.05) is 12.1 Å². The molecule has 0 saturated carbocycles. The summed E-state index contributed by atoms with van der Waals surface area (Å²) in [6, 6.07) is 9.94. The highest BCUT2D eigenvalue weighted by atomic mass is 32.2. The lowest BCUT2D eigenvalue weighted by atomic mass is 10.2. The van der Waals surface area contributed by atoms with Gasteiger partial charge in [-0.1, -0.05) is 17.8 Å². The minimum atomic E-state index is -0.524. The molecular formula is C18H18N4O4S. The Balaban J connectivity index is 1.75. The number of hydrogen-bond acceptors (Lipinski definition) is 6. The van der Waals surface area contributed by atoms with Crippen LogP contribution in [0.25, 0.3) is 11.0 Å². The van der Waals surface area contributed by atoms with Gasteiger partial charge in [0.05, 0.1) is 34.0 Å². The minimum Gasteiger partial charge on any atom is -0.495 e. The third-order valence-electron chi connectivity index (χ3n) is 3.93. The molecule has 3 rings (SSSR count). The fraction of sp³-hybridized carbons (Fsp3) is 0.222. The molecule has 0 radical (unpaired) electrons. The van der Waals surface area contributed by atoms with Crippen molar-refractivity contribution in [1.82, 2.24) is 9.97 Å². The molecule has 1 amide bonds. The van der Waals surface area contributed by atoms with Gasteiger partial charge in [0.1, 0.15) is 5.75 Å². The van der Waals surface area contributed by atoms with Crippen molar-refractivity contribution in [2.45, 2.75) is 24.3 Å². The number of ether oxygens (including phenoxy) is 1. The topological polar surface area (TPSA) is 110 Å². The number of carbonyl (C=O) groups is 1. The van der Waals surface area contributed by atoms with Crippen molar-refractivity contribution in [3.05, 3.63) is 52.1 Å². The van der Waals surface area contributed by atoms with E-state index in [1.54, 1.807) is 6.92 Å². The van der Waals surface area contributed by atoms with Gasteiger partial charge in [0.25, 0.3) is 5.69 Å². The van der Waals surface area contributed by atoms with Gasteiger partial charge in [-0.05, 0) is 37.6 Å². The fourth-order valence-electron chi connectivity index (χ4n) is 2.52. The Hall–Kier alpha value is -3.07. The van der Waals surface area contributed by atoms with Crippen LogP contribution in [0.2, 0.25) is 0 Å². The third kappa shape index (κ3) is 4.20. The lowest BCUT2D eigenvalue weighted by Crippen LogP contribution is -2.22. The second-order valence-electron chi connectivity index (χ2n) is 5.95. The first kappa shape index (κ1) is 18.7. The van der Waals surface area contributed by atoms with Gasteiger partial charge in [-0.25, -0.2) is 4.98 Å². The van der Waals surface area contributed by atoms with E-state index in [1.807, 2.05) is 25.1 Å². The van der Waals surface area contributed by atoms with Gasteiger partial charge in [-0.3, -0.25) is 14.9 Å². The van der Waals surface area contributed by atoms with Crippen LogP contribution in [-0.4, -0.2) is 33.2 Å². The maximum atomic E-state index is 12.5. The number of benzene rings is 2. The molecular weight excluding hydrogens is 368 g/mol. The van der Waals surface area contributed by atoms with Gasteiger partial charge in [0.15, 0.2) is 5.16 Å². The molecule has 8 nitrogen and oxygen atoms in total. The van der Waals surface area contributed by atoms with Crippen LogP contribution >= 0.6 is 11.8 Å². The van der Waals surface area contributed by atoms with Crippen molar-refractivity contribution < 1.29 is 14.5 Å². The van der Waals surface area contributed by atoms with Crippen LogP contribution in [0.1, 0.15) is 12.5 Å². The van der Waals surface area contributed by atoms with E-state index in [0.717, 1.165) is 16.6 Å². The van der Waals surface area contributed by atoms with Crippen molar-refractivity contribution >= 4 is 40.1 Å². The van der Waals surface area contributed by atoms with Crippen LogP contribution in [0.15, 0.2) is 41.6 Å². The number of anilines is 1. The van der Waals surface area contributed by atoms with Gasteiger partial charge < -0.3 is 15.0 Å². The molecule has 0 fully saturated rings. The molecule has 0 unspecified atom stereocenters. The summed E-state index contributed by atoms with van der Waals surface area (Å²) in [6.07, 6.45) is 0. The molecule has 0 aliphatic rings. The van der Waals surface area contributed by atoms with Gasteiger partial charge in [0.2, 0.25) is 5.91 Å². The number of imidazole rings is 1. The lowest BCUT2D eigenvalue weighted by Gasteiger charge is -2.13. The minimum absolute atomic E-state index is 0.126. The molecule has 140 valence electrons. The number of aromatic amines is 1. The highest BCUT2D eigenvalue weighted by Gasteiger charge is 2.20. The van der Waals surface area contributed by atoms with E-state index in [9.17, 15) is 14.9 Å². The van der Waals surface area contributed by atoms with Gasteiger partial charge in [-0.2, -0.15) is 0 Å². The number of nitro groups is 1. The average Bonchev–Trinajstić information content (AvgIpc) is 3.02. The van der Waals surface area contributed by atoms with E-state index < -0.39 is 10.2 Å². The predicted octanol–water partition coefficient (Wildman–Crippen LogP) is 3.91. The monoisotopic (exact) mass is 386 g/mol. The van der Waals surface area contributed by atoms with Gasteiger partial charge >= 0.3 is 0 Å². The van der Waals surface area contributed by atoms with E-state index >= 15 is 0 Å². The van der Waals surface area contributed by atoms with Crippen molar-refractivity contribution in [1.29, 1.82) is 0 Å². The molecule has 3 aromatic rings. The Morgan fingerprint density at radius 3 is 2.81 bits per heavy atom. The highest BCUT2D eigenvalue weighted by molar-refractivity contribution is 8.00. The molecule has 2 aromatic carbocycles. The summed E-state index contributed by atoms with van der Waals surface area (Å²) in [5.41, 5.74) is 2.98. The molecule has 2 N–H and O–H groups in total. The first-order chi connectivity index (χ1) is 12.9. The van der Waals surface area contributed by atoms with E-state index in [-0.39, 0.29) is 17.3 Å². The van der Waals surface area contributed by atoms with Crippen molar-refractivity contribution in [3.63, 3.8) is 0 Å². The number of amides is 1. The number of methoxy groups -OCH3 is 1. The summed E-state index contributed by atoms with van der Waals surface area (Å²) in [4.78, 5) is 30.6. The van der Waals surface area contributed by atoms with E-state index in [4.69, 9.17) is 4.74 Å². The fourth-order valence-corrected chi connectivity index (χ4v) is 3.34. The van der Waals surface area contributed by atoms with Gasteiger partial charge in [-0.15, -0.1) is 0 Å². The summed E-state index contributed by atoms with van der Waals surface area (Å²) >= 11 is 1.27. The average molecular weight is 386 g/mol. The number of rotatable bonds is 6. The molecule has 1 atom stereocenters. The zero-order chi connectivity index (χ0) is 19.6. The van der Waals surface area contributed by atoms with Crippen molar-refractivity contribution in [2.24, 2.45) is 0 Å². The molecule has 1 aromatic heterocycles. The van der Waals surface area contributed by atoms with E-state index in [1.165, 1.54) is 37.1 Å². The maximum Gasteiger partial charge on any atom is 0.271 e. The normalized spacial score (nSPS) is 12.0. The number of fused-ring (bicyclic) bond motifs is 1. The molecule has 9 heteroatoms. The number of H-pyrrole nitrogens is 1. The molecule has 0 aliphatic carbocycles. The standard InChI is InChI=1S/C18H18N4O4S/c1-10-4-6-13-14(8-10)21-18(20-13)27-11(2)17(23)19-15-9-12(22(24)25)5-7-16(15)26-3/h4-9,11H,1-3H3,(H,19,23)(H,20,21)/t11-/m0/s1. The number of nitrogens with zero attached hydrogens (tertiary/aromatic N) is 2. The second-order valence-corrected chi connectivity index (χ2v) is 7.28. The zero-order valence-corrected chi connectivity index (χ0v) is 15.8. The number of aromatic nitrogens is 2. The van der Waals surface area contributed by atoms with Crippen molar-refractivity contribution in [3.8, 4) is 5.75 Å². The van der Waals surface area contributed by atoms with Crippen LogP contribution in [0.4, 0.5) is 11.4 Å². The van der Waals surface area contributed by atoms with Crippen LogP contribution in [0.3, 0.4) is 0 Å². The Kier molecular flexibility index (Phi) is 5.31. The number of thioether (sulfide) groups is 1. The van der Waals surface area contributed by atoms with E-state index in [2.05, 4.69) is 15.3 Å². The number of nitrogens with one attached hydrogen (secondary N) is 2. The Labute approximate surface area is 159 Å². The number of aryl methyl sites for hydroxylation is 1. The largest absolute Gasteiger partial charge is 0.495 e. The Morgan fingerprint density at radius 2 is 2.11 bits per heavy atom. The second kappa shape index (κ2) is 7.67. The molecule has 0 saturated heterocycles. The molecule has 1 heterocycles. The molecule has 0 spiro atoms. The summed E-state index contributed by atoms with van der Waals surface area (Å²) in [5.74, 6) is 0.0424. The number of non-ortho nitro benzene ring substituents is 1. The summed E-state index contributed by atoms with van der Waals surface area (Å²) in [6.45, 7) is 3.73. The van der Waals surface area contributed by atoms with Crippen LogP contribution in [-0.2, 0) is 4.79 Å². The lowest BCUT2D eigenvalue weighted by molar-refractivity contribution is -0.384. The maximum absolute atomic E-state index is 12.5. The summed E-state index contributed by atoms with van der Waals surface area (Å²) in [7, 11) is 1.44. The smallest absolute Gasteiger partial charge is 0.271 e. The first-order valence-electron chi connectivity index (χ1n) is 8.13. The SMILES string of the molecule is COc1ccc([N+](=O)[O-])cc1NC(=O)[C@H](C)Sc1nc2ccc(C)cc2[nH]1. The number of hydrogen-bond donors (Lipinski definition) is 2.